The summed E-state index contributed by atoms with van der Waals surface area (Å²) in [6.07, 6.45) is 0.891. The Morgan fingerprint density at radius 3 is 2.14 bits per heavy atom. The SMILES string of the molecule is NN[C@@H](CCC[C@@H](N)C(=O)O)C(=O)O. The number of carboxylic acid groups (broad SMARTS) is 2. The van der Waals surface area contributed by atoms with Gasteiger partial charge in [0.2, 0.25) is 0 Å². The van der Waals surface area contributed by atoms with Crippen molar-refractivity contribution in [1.29, 1.82) is 0 Å². The number of aliphatic carboxylic acids is 2. The molecule has 82 valence electrons. The molecule has 0 aromatic heterocycles. The molecule has 0 fully saturated rings. The summed E-state index contributed by atoms with van der Waals surface area (Å²) in [4.78, 5) is 20.7. The second-order valence-electron chi connectivity index (χ2n) is 2.93. The highest BCUT2D eigenvalue weighted by atomic mass is 16.4. The first-order valence-electron chi connectivity index (χ1n) is 4.16. The van der Waals surface area contributed by atoms with Gasteiger partial charge in [-0.1, -0.05) is 0 Å². The number of rotatable bonds is 7. The standard InChI is InChI=1S/C7H15N3O4/c8-4(6(11)12)2-1-3-5(10-9)7(13)14/h4-5,10H,1-3,8-9H2,(H,11,12)(H,13,14)/t4-,5+/m1/s1. The highest BCUT2D eigenvalue weighted by molar-refractivity contribution is 5.73. The van der Waals surface area contributed by atoms with Crippen LogP contribution in [-0.4, -0.2) is 34.2 Å². The summed E-state index contributed by atoms with van der Waals surface area (Å²) in [6, 6.07) is -1.79. The normalized spacial score (nSPS) is 14.7. The molecule has 0 aliphatic heterocycles. The molecule has 7 heteroatoms. The average molecular weight is 205 g/mol. The van der Waals surface area contributed by atoms with Gasteiger partial charge in [0, 0.05) is 0 Å². The van der Waals surface area contributed by atoms with Gasteiger partial charge in [0.25, 0.3) is 0 Å². The van der Waals surface area contributed by atoms with Crippen molar-refractivity contribution < 1.29 is 19.8 Å². The lowest BCUT2D eigenvalue weighted by Crippen LogP contribution is -2.41. The van der Waals surface area contributed by atoms with Crippen LogP contribution >= 0.6 is 0 Å². The van der Waals surface area contributed by atoms with Crippen molar-refractivity contribution in [2.24, 2.45) is 11.6 Å². The Kier molecular flexibility index (Phi) is 5.77. The van der Waals surface area contributed by atoms with Crippen LogP contribution in [0.25, 0.3) is 0 Å². The second kappa shape index (κ2) is 6.30. The quantitative estimate of drug-likeness (QED) is 0.251. The number of hydrazine groups is 1. The maximum atomic E-state index is 10.5. The van der Waals surface area contributed by atoms with E-state index in [1.807, 2.05) is 0 Å². The van der Waals surface area contributed by atoms with Crippen molar-refractivity contribution in [2.45, 2.75) is 31.3 Å². The van der Waals surface area contributed by atoms with Crippen molar-refractivity contribution in [3.8, 4) is 0 Å². The zero-order chi connectivity index (χ0) is 11.1. The smallest absolute Gasteiger partial charge is 0.322 e. The number of hydrogen-bond donors (Lipinski definition) is 5. The Morgan fingerprint density at radius 1 is 1.21 bits per heavy atom. The third-order valence-electron chi connectivity index (χ3n) is 1.82. The van der Waals surface area contributed by atoms with E-state index in [9.17, 15) is 9.59 Å². The fourth-order valence-electron chi connectivity index (χ4n) is 0.943. The maximum absolute atomic E-state index is 10.5. The van der Waals surface area contributed by atoms with Crippen molar-refractivity contribution in [3.05, 3.63) is 0 Å². The van der Waals surface area contributed by atoms with Gasteiger partial charge < -0.3 is 15.9 Å². The van der Waals surface area contributed by atoms with Crippen LogP contribution in [0.1, 0.15) is 19.3 Å². The molecular weight excluding hydrogens is 190 g/mol. The van der Waals surface area contributed by atoms with Crippen LogP contribution in [0.2, 0.25) is 0 Å². The first-order chi connectivity index (χ1) is 6.49. The highest BCUT2D eigenvalue weighted by Crippen LogP contribution is 2.03. The van der Waals surface area contributed by atoms with E-state index < -0.39 is 24.0 Å². The number of carbonyl (C=O) groups is 2. The van der Waals surface area contributed by atoms with Crippen molar-refractivity contribution in [2.75, 3.05) is 0 Å². The Bertz CT molecular complexity index is 209. The van der Waals surface area contributed by atoms with Gasteiger partial charge in [-0.25, -0.2) is 5.43 Å². The van der Waals surface area contributed by atoms with Gasteiger partial charge in [-0.3, -0.25) is 15.4 Å². The van der Waals surface area contributed by atoms with Gasteiger partial charge in [-0.15, -0.1) is 0 Å². The van der Waals surface area contributed by atoms with E-state index in [0.29, 0.717) is 6.42 Å². The van der Waals surface area contributed by atoms with Crippen molar-refractivity contribution in [1.82, 2.24) is 5.43 Å². The van der Waals surface area contributed by atoms with Gasteiger partial charge in [-0.05, 0) is 19.3 Å². The molecule has 0 unspecified atom stereocenters. The van der Waals surface area contributed by atoms with E-state index in [1.165, 1.54) is 0 Å². The first-order valence-corrected chi connectivity index (χ1v) is 4.16. The van der Waals surface area contributed by atoms with E-state index in [-0.39, 0.29) is 12.8 Å². The van der Waals surface area contributed by atoms with Crippen molar-refractivity contribution >= 4 is 11.9 Å². The fraction of sp³-hybridized carbons (Fsp3) is 0.714. The molecule has 0 amide bonds. The molecule has 7 nitrogen and oxygen atoms in total. The summed E-state index contributed by atoms with van der Waals surface area (Å²) in [5.41, 5.74) is 7.34. The molecule has 0 rings (SSSR count). The van der Waals surface area contributed by atoms with E-state index in [2.05, 4.69) is 5.43 Å². The van der Waals surface area contributed by atoms with Crippen LogP contribution < -0.4 is 17.0 Å². The molecule has 0 saturated heterocycles. The number of nitrogens with two attached hydrogens (primary N) is 2. The van der Waals surface area contributed by atoms with Crippen LogP contribution in [-0.2, 0) is 9.59 Å². The summed E-state index contributed by atoms with van der Waals surface area (Å²) in [7, 11) is 0. The predicted molar refractivity (Wildman–Crippen MR) is 48.2 cm³/mol. The van der Waals surface area contributed by atoms with Crippen LogP contribution in [0.15, 0.2) is 0 Å². The van der Waals surface area contributed by atoms with Crippen LogP contribution in [0.5, 0.6) is 0 Å². The predicted octanol–water partition coefficient (Wildman–Crippen LogP) is -1.51. The Labute approximate surface area is 81.0 Å². The minimum atomic E-state index is -1.09. The minimum Gasteiger partial charge on any atom is -0.480 e. The van der Waals surface area contributed by atoms with E-state index >= 15 is 0 Å². The van der Waals surface area contributed by atoms with Gasteiger partial charge in [-0.2, -0.15) is 0 Å². The lowest BCUT2D eigenvalue weighted by Gasteiger charge is -2.11. The summed E-state index contributed by atoms with van der Waals surface area (Å²) in [6.45, 7) is 0. The summed E-state index contributed by atoms with van der Waals surface area (Å²) >= 11 is 0. The van der Waals surface area contributed by atoms with Gasteiger partial charge in [0.15, 0.2) is 0 Å². The summed E-state index contributed by atoms with van der Waals surface area (Å²) < 4.78 is 0. The molecule has 2 atom stereocenters. The lowest BCUT2D eigenvalue weighted by atomic mass is 10.1. The monoisotopic (exact) mass is 205 g/mol. The molecule has 0 aromatic rings. The third-order valence-corrected chi connectivity index (χ3v) is 1.82. The molecule has 0 aliphatic carbocycles. The molecule has 0 radical (unpaired) electrons. The molecule has 0 aliphatic rings. The van der Waals surface area contributed by atoms with E-state index in [0.717, 1.165) is 0 Å². The third kappa shape index (κ3) is 4.75. The lowest BCUT2D eigenvalue weighted by molar-refractivity contribution is -0.139. The molecule has 0 heterocycles. The molecular formula is C7H15N3O4. The molecule has 0 bridgehead atoms. The zero-order valence-electron chi connectivity index (χ0n) is 7.64. The van der Waals surface area contributed by atoms with Crippen LogP contribution in [0, 0.1) is 0 Å². The van der Waals surface area contributed by atoms with Gasteiger partial charge in [0.05, 0.1) is 0 Å². The van der Waals surface area contributed by atoms with E-state index in [4.69, 9.17) is 21.8 Å². The average Bonchev–Trinajstić information content (AvgIpc) is 2.11. The Hall–Kier alpha value is -1.18. The molecule has 0 saturated carbocycles. The first kappa shape index (κ1) is 12.8. The maximum Gasteiger partial charge on any atom is 0.322 e. The van der Waals surface area contributed by atoms with Crippen molar-refractivity contribution in [3.63, 3.8) is 0 Å². The number of hydrogen-bond acceptors (Lipinski definition) is 5. The topological polar surface area (TPSA) is 139 Å². The van der Waals surface area contributed by atoms with E-state index in [1.54, 1.807) is 0 Å². The second-order valence-corrected chi connectivity index (χ2v) is 2.93. The molecule has 7 N–H and O–H groups in total. The minimum absolute atomic E-state index is 0.237. The number of carboxylic acids is 2. The summed E-state index contributed by atoms with van der Waals surface area (Å²) in [5, 5.41) is 17.0. The van der Waals surface area contributed by atoms with Gasteiger partial charge in [0.1, 0.15) is 12.1 Å². The Balaban J connectivity index is 3.71. The molecule has 14 heavy (non-hydrogen) atoms. The Morgan fingerprint density at radius 2 is 1.79 bits per heavy atom. The van der Waals surface area contributed by atoms with Crippen LogP contribution in [0.4, 0.5) is 0 Å². The fourth-order valence-corrected chi connectivity index (χ4v) is 0.943. The largest absolute Gasteiger partial charge is 0.480 e. The highest BCUT2D eigenvalue weighted by Gasteiger charge is 2.17. The van der Waals surface area contributed by atoms with Gasteiger partial charge >= 0.3 is 11.9 Å². The number of nitrogens with one attached hydrogen (secondary N) is 1. The van der Waals surface area contributed by atoms with Crippen LogP contribution in [0.3, 0.4) is 0 Å². The summed E-state index contributed by atoms with van der Waals surface area (Å²) in [5.74, 6) is 2.83. The molecule has 0 spiro atoms. The molecule has 0 aromatic carbocycles. The zero-order valence-corrected chi connectivity index (χ0v) is 7.64.